The van der Waals surface area contributed by atoms with Gasteiger partial charge in [0.05, 0.1) is 16.5 Å². The predicted octanol–water partition coefficient (Wildman–Crippen LogP) is 0.855. The summed E-state index contributed by atoms with van der Waals surface area (Å²) in [4.78, 5) is 36.3. The molecule has 124 valence electrons. The lowest BCUT2D eigenvalue weighted by Gasteiger charge is -2.01. The maximum absolute atomic E-state index is 11.5. The van der Waals surface area contributed by atoms with Crippen LogP contribution in [0.5, 0.6) is 0 Å². The highest BCUT2D eigenvalue weighted by atomic mass is 16.2. The number of nitrogens with one attached hydrogen (secondary N) is 2. The molecule has 3 rings (SSSR count). The van der Waals surface area contributed by atoms with Crippen molar-refractivity contribution in [3.05, 3.63) is 74.9 Å². The zero-order valence-electron chi connectivity index (χ0n) is 13.4. The lowest BCUT2D eigenvalue weighted by Crippen LogP contribution is -2.32. The van der Waals surface area contributed by atoms with Crippen molar-refractivity contribution in [1.29, 1.82) is 0 Å². The molecule has 0 spiro atoms. The fourth-order valence-electron chi connectivity index (χ4n) is 2.09. The van der Waals surface area contributed by atoms with Crippen LogP contribution in [0.15, 0.2) is 58.1 Å². The van der Waals surface area contributed by atoms with Gasteiger partial charge in [0.25, 0.3) is 11.5 Å². The molecule has 0 fully saturated rings. The van der Waals surface area contributed by atoms with Crippen molar-refractivity contribution in [3.8, 4) is 0 Å². The molecule has 0 bridgehead atoms. The number of para-hydroxylation sites is 2. The highest BCUT2D eigenvalue weighted by Gasteiger charge is 2.04. The van der Waals surface area contributed by atoms with Crippen LogP contribution in [0.3, 0.4) is 0 Å². The molecule has 3 aromatic rings. The molecule has 7 nitrogen and oxygen atoms in total. The number of H-pyrrole nitrogens is 1. The highest BCUT2D eigenvalue weighted by Crippen LogP contribution is 2.09. The number of rotatable bonds is 1. The molecule has 1 aromatic heterocycles. The van der Waals surface area contributed by atoms with E-state index in [-0.39, 0.29) is 17.2 Å². The number of carbonyl (C=O) groups excluding carboxylic acids is 1. The van der Waals surface area contributed by atoms with Crippen LogP contribution in [0.25, 0.3) is 10.9 Å². The number of fused-ring (bicyclic) bond motifs is 1. The van der Waals surface area contributed by atoms with Gasteiger partial charge in [0.15, 0.2) is 0 Å². The second kappa shape index (κ2) is 7.28. The molecule has 0 saturated heterocycles. The van der Waals surface area contributed by atoms with E-state index in [2.05, 4.69) is 10.3 Å². The largest absolute Gasteiger partial charge is 0.398 e. The van der Waals surface area contributed by atoms with Crippen molar-refractivity contribution in [2.75, 3.05) is 12.8 Å². The molecule has 0 atom stereocenters. The van der Waals surface area contributed by atoms with E-state index < -0.39 is 0 Å². The van der Waals surface area contributed by atoms with Gasteiger partial charge in [-0.15, -0.1) is 0 Å². The monoisotopic (exact) mass is 326 g/mol. The third-order valence-electron chi connectivity index (χ3n) is 3.44. The van der Waals surface area contributed by atoms with Crippen LogP contribution in [0.1, 0.15) is 10.4 Å². The van der Waals surface area contributed by atoms with E-state index in [1.165, 1.54) is 7.05 Å². The standard InChI is InChI=1S/C9H8N2O2.C8H10N2O/c1-11-8(12)6-4-2-3-5-7(6)10-9(11)13;1-10-8(11)6-4-2-3-5-7(6)9/h2-5H,1H3,(H,10,13);2-5H,9H2,1H3,(H,10,11). The molecule has 4 N–H and O–H groups in total. The number of amides is 1. The number of anilines is 1. The molecule has 0 aliphatic carbocycles. The normalized spacial score (nSPS) is 9.92. The predicted molar refractivity (Wildman–Crippen MR) is 94.1 cm³/mol. The Hall–Kier alpha value is -3.35. The number of benzene rings is 2. The van der Waals surface area contributed by atoms with Crippen LogP contribution in [-0.4, -0.2) is 22.5 Å². The minimum atomic E-state index is -0.385. The van der Waals surface area contributed by atoms with Gasteiger partial charge in [-0.3, -0.25) is 14.2 Å². The van der Waals surface area contributed by atoms with E-state index in [0.29, 0.717) is 22.2 Å². The topological polar surface area (TPSA) is 110 Å². The Balaban J connectivity index is 0.000000177. The van der Waals surface area contributed by atoms with Gasteiger partial charge in [-0.2, -0.15) is 0 Å². The Bertz CT molecular complexity index is 989. The van der Waals surface area contributed by atoms with Crippen LogP contribution in [0.2, 0.25) is 0 Å². The summed E-state index contributed by atoms with van der Waals surface area (Å²) in [6, 6.07) is 13.9. The van der Waals surface area contributed by atoms with E-state index in [4.69, 9.17) is 5.73 Å². The van der Waals surface area contributed by atoms with E-state index in [9.17, 15) is 14.4 Å². The van der Waals surface area contributed by atoms with Crippen LogP contribution < -0.4 is 22.3 Å². The number of carbonyl (C=O) groups is 1. The average Bonchev–Trinajstić information content (AvgIpc) is 2.60. The fraction of sp³-hybridized carbons (Fsp3) is 0.118. The summed E-state index contributed by atoms with van der Waals surface area (Å²) in [6.45, 7) is 0. The SMILES string of the molecule is CNC(=O)c1ccccc1N.Cn1c(=O)[nH]c2ccccc2c1=O. The molecule has 0 unspecified atom stereocenters. The van der Waals surface area contributed by atoms with Crippen molar-refractivity contribution in [2.45, 2.75) is 0 Å². The molecule has 0 aliphatic heterocycles. The Kier molecular flexibility index (Phi) is 5.16. The molecule has 2 aromatic carbocycles. The fourth-order valence-corrected chi connectivity index (χ4v) is 2.09. The molecule has 1 heterocycles. The first-order chi connectivity index (χ1) is 11.5. The Labute approximate surface area is 137 Å². The lowest BCUT2D eigenvalue weighted by atomic mass is 10.2. The second-order valence-corrected chi connectivity index (χ2v) is 5.01. The van der Waals surface area contributed by atoms with Crippen LogP contribution in [0, 0.1) is 0 Å². The molecule has 0 radical (unpaired) electrons. The van der Waals surface area contributed by atoms with Crippen molar-refractivity contribution in [3.63, 3.8) is 0 Å². The number of hydrogen-bond acceptors (Lipinski definition) is 4. The summed E-state index contributed by atoms with van der Waals surface area (Å²) >= 11 is 0. The van der Waals surface area contributed by atoms with Crippen molar-refractivity contribution < 1.29 is 4.79 Å². The van der Waals surface area contributed by atoms with Gasteiger partial charge in [-0.1, -0.05) is 24.3 Å². The maximum Gasteiger partial charge on any atom is 0.328 e. The smallest absolute Gasteiger partial charge is 0.328 e. The van der Waals surface area contributed by atoms with Crippen LogP contribution in [-0.2, 0) is 7.05 Å². The summed E-state index contributed by atoms with van der Waals surface area (Å²) < 4.78 is 1.06. The summed E-state index contributed by atoms with van der Waals surface area (Å²) in [5.74, 6) is -0.150. The number of aromatic amines is 1. The van der Waals surface area contributed by atoms with E-state index >= 15 is 0 Å². The van der Waals surface area contributed by atoms with E-state index in [1.807, 2.05) is 0 Å². The third-order valence-corrected chi connectivity index (χ3v) is 3.44. The van der Waals surface area contributed by atoms with E-state index in [1.54, 1.807) is 55.6 Å². The Morgan fingerprint density at radius 2 is 1.71 bits per heavy atom. The molecule has 1 amide bonds. The van der Waals surface area contributed by atoms with Crippen LogP contribution >= 0.6 is 0 Å². The van der Waals surface area contributed by atoms with Gasteiger partial charge < -0.3 is 16.0 Å². The van der Waals surface area contributed by atoms with Crippen molar-refractivity contribution in [2.24, 2.45) is 7.05 Å². The van der Waals surface area contributed by atoms with Crippen molar-refractivity contribution in [1.82, 2.24) is 14.9 Å². The third kappa shape index (κ3) is 3.52. The summed E-state index contributed by atoms with van der Waals surface area (Å²) in [7, 11) is 3.03. The number of nitrogens with zero attached hydrogens (tertiary/aromatic N) is 1. The van der Waals surface area contributed by atoms with Crippen LogP contribution in [0.4, 0.5) is 5.69 Å². The van der Waals surface area contributed by atoms with Gasteiger partial charge in [-0.05, 0) is 24.3 Å². The first-order valence-corrected chi connectivity index (χ1v) is 7.20. The minimum absolute atomic E-state index is 0.150. The van der Waals surface area contributed by atoms with Gasteiger partial charge >= 0.3 is 5.69 Å². The maximum atomic E-state index is 11.5. The summed E-state index contributed by atoms with van der Waals surface area (Å²) in [6.07, 6.45) is 0. The Morgan fingerprint density at radius 1 is 1.08 bits per heavy atom. The number of hydrogen-bond donors (Lipinski definition) is 3. The van der Waals surface area contributed by atoms with Gasteiger partial charge in [-0.25, -0.2) is 4.79 Å². The van der Waals surface area contributed by atoms with Gasteiger partial charge in [0.2, 0.25) is 0 Å². The van der Waals surface area contributed by atoms with Gasteiger partial charge in [0, 0.05) is 19.8 Å². The molecule has 0 aliphatic rings. The first-order valence-electron chi connectivity index (χ1n) is 7.20. The molecule has 7 heteroatoms. The quantitative estimate of drug-likeness (QED) is 0.576. The molecule has 24 heavy (non-hydrogen) atoms. The zero-order chi connectivity index (χ0) is 17.7. The average molecular weight is 326 g/mol. The second-order valence-electron chi connectivity index (χ2n) is 5.01. The molecular weight excluding hydrogens is 308 g/mol. The number of nitrogen functional groups attached to an aromatic ring is 1. The molecule has 0 saturated carbocycles. The Morgan fingerprint density at radius 3 is 2.38 bits per heavy atom. The minimum Gasteiger partial charge on any atom is -0.398 e. The molecular formula is C17H18N4O3. The van der Waals surface area contributed by atoms with Gasteiger partial charge in [0.1, 0.15) is 0 Å². The number of nitrogens with two attached hydrogens (primary N) is 1. The number of aromatic nitrogens is 2. The highest BCUT2D eigenvalue weighted by molar-refractivity contribution is 5.98. The summed E-state index contributed by atoms with van der Waals surface area (Å²) in [5, 5.41) is 3.04. The summed E-state index contributed by atoms with van der Waals surface area (Å²) in [5.41, 5.74) is 6.50. The van der Waals surface area contributed by atoms with E-state index in [0.717, 1.165) is 4.57 Å². The van der Waals surface area contributed by atoms with Crippen molar-refractivity contribution >= 4 is 22.5 Å². The lowest BCUT2D eigenvalue weighted by molar-refractivity contribution is 0.0964. The first kappa shape index (κ1) is 17.0. The zero-order valence-corrected chi connectivity index (χ0v) is 13.4.